The Morgan fingerprint density at radius 1 is 1.33 bits per heavy atom. The van der Waals surface area contributed by atoms with Crippen molar-refractivity contribution in [3.8, 4) is 0 Å². The molecule has 0 radical (unpaired) electrons. The number of hydrogen-bond acceptors (Lipinski definition) is 2. The Hall–Kier alpha value is -0.570. The highest BCUT2D eigenvalue weighted by atomic mass is 16.1. The number of carbonyl (C=O) groups excluding carboxylic acids is 1. The molecule has 0 aromatic rings. The molecule has 0 bridgehead atoms. The molecule has 0 saturated heterocycles. The Morgan fingerprint density at radius 2 is 1.87 bits per heavy atom. The van der Waals surface area contributed by atoms with E-state index < -0.39 is 0 Å². The third kappa shape index (κ3) is 4.65. The SMILES string of the molecule is CC1CC(C)CC(NC(C)CC(N)=O)C1. The highest BCUT2D eigenvalue weighted by Gasteiger charge is 2.24. The van der Waals surface area contributed by atoms with E-state index in [1.807, 2.05) is 6.92 Å². The summed E-state index contributed by atoms with van der Waals surface area (Å²) in [6.07, 6.45) is 4.24. The van der Waals surface area contributed by atoms with Gasteiger partial charge in [0, 0.05) is 18.5 Å². The van der Waals surface area contributed by atoms with E-state index in [4.69, 9.17) is 5.73 Å². The van der Waals surface area contributed by atoms with Gasteiger partial charge in [-0.3, -0.25) is 4.79 Å². The van der Waals surface area contributed by atoms with Crippen molar-refractivity contribution in [2.24, 2.45) is 17.6 Å². The van der Waals surface area contributed by atoms with E-state index in [0.29, 0.717) is 12.5 Å². The molecule has 3 atom stereocenters. The van der Waals surface area contributed by atoms with Gasteiger partial charge in [0.1, 0.15) is 0 Å². The number of hydrogen-bond donors (Lipinski definition) is 2. The minimum atomic E-state index is -0.216. The first-order chi connectivity index (χ1) is 6.97. The first-order valence-corrected chi connectivity index (χ1v) is 6.01. The van der Waals surface area contributed by atoms with Crippen LogP contribution in [-0.2, 0) is 4.79 Å². The van der Waals surface area contributed by atoms with Gasteiger partial charge in [-0.25, -0.2) is 0 Å². The van der Waals surface area contributed by atoms with E-state index in [1.165, 1.54) is 19.3 Å². The summed E-state index contributed by atoms with van der Waals surface area (Å²) in [4.78, 5) is 10.8. The van der Waals surface area contributed by atoms with Gasteiger partial charge in [0.2, 0.25) is 5.91 Å². The molecule has 1 aliphatic rings. The summed E-state index contributed by atoms with van der Waals surface area (Å²) in [5, 5.41) is 3.51. The lowest BCUT2D eigenvalue weighted by Crippen LogP contribution is -2.42. The molecule has 3 heteroatoms. The Morgan fingerprint density at radius 3 is 2.33 bits per heavy atom. The van der Waals surface area contributed by atoms with Gasteiger partial charge >= 0.3 is 0 Å². The third-order valence-electron chi connectivity index (χ3n) is 3.21. The first-order valence-electron chi connectivity index (χ1n) is 6.01. The van der Waals surface area contributed by atoms with Crippen molar-refractivity contribution in [2.75, 3.05) is 0 Å². The van der Waals surface area contributed by atoms with Crippen molar-refractivity contribution in [2.45, 2.75) is 58.5 Å². The van der Waals surface area contributed by atoms with Crippen molar-refractivity contribution in [3.63, 3.8) is 0 Å². The molecular weight excluding hydrogens is 188 g/mol. The molecule has 0 spiro atoms. The molecule has 1 rings (SSSR count). The summed E-state index contributed by atoms with van der Waals surface area (Å²) in [6.45, 7) is 6.65. The van der Waals surface area contributed by atoms with E-state index in [-0.39, 0.29) is 11.9 Å². The van der Waals surface area contributed by atoms with Crippen LogP contribution >= 0.6 is 0 Å². The third-order valence-corrected chi connectivity index (χ3v) is 3.21. The highest BCUT2D eigenvalue weighted by molar-refractivity contribution is 5.74. The standard InChI is InChI=1S/C12H24N2O/c1-8-4-9(2)6-11(5-8)14-10(3)7-12(13)15/h8-11,14H,4-7H2,1-3H3,(H2,13,15). The smallest absolute Gasteiger partial charge is 0.218 e. The second-order valence-electron chi connectivity index (χ2n) is 5.35. The molecule has 3 nitrogen and oxygen atoms in total. The van der Waals surface area contributed by atoms with Crippen molar-refractivity contribution < 1.29 is 4.79 Å². The summed E-state index contributed by atoms with van der Waals surface area (Å²) in [5.74, 6) is 1.38. The molecule has 1 saturated carbocycles. The zero-order chi connectivity index (χ0) is 11.4. The van der Waals surface area contributed by atoms with Gasteiger partial charge in [0.15, 0.2) is 0 Å². The van der Waals surface area contributed by atoms with Crippen LogP contribution in [0, 0.1) is 11.8 Å². The van der Waals surface area contributed by atoms with Crippen molar-refractivity contribution >= 4 is 5.91 Å². The molecule has 15 heavy (non-hydrogen) atoms. The van der Waals surface area contributed by atoms with E-state index in [9.17, 15) is 4.79 Å². The van der Waals surface area contributed by atoms with Crippen molar-refractivity contribution in [1.29, 1.82) is 0 Å². The molecule has 0 aliphatic heterocycles. The lowest BCUT2D eigenvalue weighted by molar-refractivity contribution is -0.118. The predicted molar refractivity (Wildman–Crippen MR) is 62.4 cm³/mol. The van der Waals surface area contributed by atoms with Crippen molar-refractivity contribution in [1.82, 2.24) is 5.32 Å². The Balaban J connectivity index is 2.33. The summed E-state index contributed by atoms with van der Waals surface area (Å²) in [5.41, 5.74) is 5.17. The topological polar surface area (TPSA) is 55.1 Å². The molecule has 3 unspecified atom stereocenters. The molecule has 0 aromatic carbocycles. The second kappa shape index (κ2) is 5.50. The lowest BCUT2D eigenvalue weighted by Gasteiger charge is -2.33. The van der Waals surface area contributed by atoms with E-state index in [1.54, 1.807) is 0 Å². The average molecular weight is 212 g/mol. The summed E-state index contributed by atoms with van der Waals surface area (Å²) >= 11 is 0. The molecule has 88 valence electrons. The van der Waals surface area contributed by atoms with Crippen LogP contribution in [0.5, 0.6) is 0 Å². The number of carbonyl (C=O) groups is 1. The maximum absolute atomic E-state index is 10.8. The Labute approximate surface area is 92.8 Å². The van der Waals surface area contributed by atoms with Crippen LogP contribution in [0.3, 0.4) is 0 Å². The van der Waals surface area contributed by atoms with Gasteiger partial charge in [-0.2, -0.15) is 0 Å². The number of nitrogens with one attached hydrogen (secondary N) is 1. The van der Waals surface area contributed by atoms with E-state index in [2.05, 4.69) is 19.2 Å². The monoisotopic (exact) mass is 212 g/mol. The van der Waals surface area contributed by atoms with Crippen LogP contribution in [0.25, 0.3) is 0 Å². The highest BCUT2D eigenvalue weighted by Crippen LogP contribution is 2.28. The summed E-state index contributed by atoms with van der Waals surface area (Å²) in [6, 6.07) is 0.781. The Kier molecular flexibility index (Phi) is 4.58. The van der Waals surface area contributed by atoms with Crippen molar-refractivity contribution in [3.05, 3.63) is 0 Å². The van der Waals surface area contributed by atoms with Crippen LogP contribution in [0.2, 0.25) is 0 Å². The van der Waals surface area contributed by atoms with Crippen LogP contribution < -0.4 is 11.1 Å². The average Bonchev–Trinajstić information content (AvgIpc) is 1.98. The molecule has 3 N–H and O–H groups in total. The summed E-state index contributed by atoms with van der Waals surface area (Å²) < 4.78 is 0. The van der Waals surface area contributed by atoms with Gasteiger partial charge in [0.05, 0.1) is 0 Å². The molecular formula is C12H24N2O. The van der Waals surface area contributed by atoms with Crippen LogP contribution in [0.4, 0.5) is 0 Å². The van der Waals surface area contributed by atoms with Gasteiger partial charge in [-0.1, -0.05) is 13.8 Å². The largest absolute Gasteiger partial charge is 0.370 e. The first kappa shape index (κ1) is 12.5. The van der Waals surface area contributed by atoms with Crippen LogP contribution in [0.15, 0.2) is 0 Å². The fourth-order valence-corrected chi connectivity index (χ4v) is 2.85. The predicted octanol–water partition coefficient (Wildman–Crippen LogP) is 1.66. The number of primary amides is 1. The van der Waals surface area contributed by atoms with E-state index >= 15 is 0 Å². The number of nitrogens with two attached hydrogens (primary N) is 1. The lowest BCUT2D eigenvalue weighted by atomic mass is 9.80. The molecule has 1 fully saturated rings. The van der Waals surface area contributed by atoms with Gasteiger partial charge in [-0.05, 0) is 38.0 Å². The zero-order valence-corrected chi connectivity index (χ0v) is 10.1. The van der Waals surface area contributed by atoms with Gasteiger partial charge in [0.25, 0.3) is 0 Å². The van der Waals surface area contributed by atoms with E-state index in [0.717, 1.165) is 11.8 Å². The number of amides is 1. The minimum absolute atomic E-state index is 0.213. The van der Waals surface area contributed by atoms with Crippen LogP contribution in [-0.4, -0.2) is 18.0 Å². The molecule has 0 heterocycles. The van der Waals surface area contributed by atoms with Gasteiger partial charge < -0.3 is 11.1 Å². The number of rotatable bonds is 4. The molecule has 1 amide bonds. The maximum Gasteiger partial charge on any atom is 0.218 e. The quantitative estimate of drug-likeness (QED) is 0.744. The molecule has 1 aliphatic carbocycles. The minimum Gasteiger partial charge on any atom is -0.370 e. The maximum atomic E-state index is 10.8. The second-order valence-corrected chi connectivity index (χ2v) is 5.35. The normalized spacial score (nSPS) is 33.7. The van der Waals surface area contributed by atoms with Crippen LogP contribution in [0.1, 0.15) is 46.5 Å². The fourth-order valence-electron chi connectivity index (χ4n) is 2.85. The molecule has 0 aromatic heterocycles. The Bertz CT molecular complexity index is 208. The zero-order valence-electron chi connectivity index (χ0n) is 10.1. The fraction of sp³-hybridized carbons (Fsp3) is 0.917. The van der Waals surface area contributed by atoms with Gasteiger partial charge in [-0.15, -0.1) is 0 Å². The summed E-state index contributed by atoms with van der Waals surface area (Å²) in [7, 11) is 0.